The van der Waals surface area contributed by atoms with Crippen molar-refractivity contribution in [1.29, 1.82) is 0 Å². The lowest BCUT2D eigenvalue weighted by Gasteiger charge is -1.96. The molecule has 0 saturated carbocycles. The van der Waals surface area contributed by atoms with Gasteiger partial charge in [-0.1, -0.05) is 17.5 Å². The Balaban J connectivity index is 3.06. The first-order valence-corrected chi connectivity index (χ1v) is 4.17. The Morgan fingerprint density at radius 2 is 1.93 bits per heavy atom. The number of carbonyl (C=O) groups is 1. The Bertz CT molecular complexity index is 437. The van der Waals surface area contributed by atoms with Crippen molar-refractivity contribution in [3.8, 4) is 11.8 Å². The van der Waals surface area contributed by atoms with Gasteiger partial charge in [-0.3, -0.25) is 0 Å². The maximum atomic E-state index is 12.9. The molecule has 1 rings (SSSR count). The average molecular weight is 231 g/mol. The van der Waals surface area contributed by atoms with E-state index in [2.05, 4.69) is 10.7 Å². The zero-order valence-corrected chi connectivity index (χ0v) is 8.36. The second-order valence-electron chi connectivity index (χ2n) is 2.50. The third-order valence-electron chi connectivity index (χ3n) is 1.48. The molecule has 0 fully saturated rings. The summed E-state index contributed by atoms with van der Waals surface area (Å²) in [6, 6.07) is 1.86. The van der Waals surface area contributed by atoms with E-state index >= 15 is 0 Å². The number of hydrogen-bond donors (Lipinski definition) is 0. The van der Waals surface area contributed by atoms with Gasteiger partial charge in [0.15, 0.2) is 0 Å². The zero-order valence-electron chi connectivity index (χ0n) is 7.61. The third-order valence-corrected chi connectivity index (χ3v) is 1.84. The van der Waals surface area contributed by atoms with Gasteiger partial charge < -0.3 is 4.74 Å². The standard InChI is InChI=1S/C10H5ClF2O2/c1-15-9(14)3-2-6-4-7(12)10(11)8(13)5-6/h4-5H,1H3. The van der Waals surface area contributed by atoms with Crippen LogP contribution in [0.3, 0.4) is 0 Å². The highest BCUT2D eigenvalue weighted by Gasteiger charge is 2.07. The van der Waals surface area contributed by atoms with Gasteiger partial charge in [0.2, 0.25) is 0 Å². The molecule has 0 N–H and O–H groups in total. The number of carbonyl (C=O) groups excluding carboxylic acids is 1. The second kappa shape index (κ2) is 4.76. The van der Waals surface area contributed by atoms with E-state index in [-0.39, 0.29) is 5.56 Å². The van der Waals surface area contributed by atoms with E-state index in [4.69, 9.17) is 11.6 Å². The van der Waals surface area contributed by atoms with Gasteiger partial charge in [-0.2, -0.15) is 0 Å². The fourth-order valence-electron chi connectivity index (χ4n) is 0.802. The maximum Gasteiger partial charge on any atom is 0.384 e. The molecule has 0 aliphatic carbocycles. The SMILES string of the molecule is COC(=O)C#Cc1cc(F)c(Cl)c(F)c1. The van der Waals surface area contributed by atoms with E-state index in [0.717, 1.165) is 19.2 Å². The largest absolute Gasteiger partial charge is 0.459 e. The lowest BCUT2D eigenvalue weighted by molar-refractivity contribution is -0.133. The summed E-state index contributed by atoms with van der Waals surface area (Å²) in [7, 11) is 1.15. The van der Waals surface area contributed by atoms with Crippen LogP contribution in [-0.2, 0) is 9.53 Å². The molecule has 5 heteroatoms. The first kappa shape index (κ1) is 11.5. The minimum Gasteiger partial charge on any atom is -0.459 e. The van der Waals surface area contributed by atoms with Crippen molar-refractivity contribution in [1.82, 2.24) is 0 Å². The Hall–Kier alpha value is -1.60. The predicted molar refractivity (Wildman–Crippen MR) is 50.3 cm³/mol. The third kappa shape index (κ3) is 2.93. The van der Waals surface area contributed by atoms with Crippen LogP contribution in [-0.4, -0.2) is 13.1 Å². The van der Waals surface area contributed by atoms with Crippen LogP contribution in [0.2, 0.25) is 5.02 Å². The van der Waals surface area contributed by atoms with Crippen LogP contribution in [0.1, 0.15) is 5.56 Å². The summed E-state index contributed by atoms with van der Waals surface area (Å²) in [5.41, 5.74) is 0.0137. The van der Waals surface area contributed by atoms with E-state index in [0.29, 0.717) is 0 Å². The van der Waals surface area contributed by atoms with E-state index < -0.39 is 22.6 Å². The molecule has 2 nitrogen and oxygen atoms in total. The van der Waals surface area contributed by atoms with Gasteiger partial charge in [0.1, 0.15) is 16.7 Å². The van der Waals surface area contributed by atoms with Crippen molar-refractivity contribution in [2.75, 3.05) is 7.11 Å². The van der Waals surface area contributed by atoms with Gasteiger partial charge in [-0.25, -0.2) is 13.6 Å². The molecule has 0 amide bonds. The molecule has 15 heavy (non-hydrogen) atoms. The normalized spacial score (nSPS) is 9.07. The van der Waals surface area contributed by atoms with Crippen molar-refractivity contribution in [3.63, 3.8) is 0 Å². The molecule has 0 aliphatic heterocycles. The average Bonchev–Trinajstić information content (AvgIpc) is 2.22. The number of ether oxygens (including phenoxy) is 1. The number of rotatable bonds is 0. The van der Waals surface area contributed by atoms with Gasteiger partial charge in [0.05, 0.1) is 7.11 Å². The predicted octanol–water partition coefficient (Wildman–Crippen LogP) is 2.14. The Morgan fingerprint density at radius 3 is 2.40 bits per heavy atom. The van der Waals surface area contributed by atoms with Gasteiger partial charge >= 0.3 is 5.97 Å². The molecule has 0 atom stereocenters. The highest BCUT2D eigenvalue weighted by Crippen LogP contribution is 2.19. The van der Waals surface area contributed by atoms with Gasteiger partial charge in [0, 0.05) is 11.5 Å². The highest BCUT2D eigenvalue weighted by atomic mass is 35.5. The van der Waals surface area contributed by atoms with Crippen molar-refractivity contribution in [2.45, 2.75) is 0 Å². The molecule has 0 bridgehead atoms. The summed E-state index contributed by atoms with van der Waals surface area (Å²) in [4.78, 5) is 10.6. The molecule has 1 aromatic rings. The first-order valence-electron chi connectivity index (χ1n) is 3.79. The molecule has 0 aliphatic rings. The summed E-state index contributed by atoms with van der Waals surface area (Å²) in [5.74, 6) is 1.64. The summed E-state index contributed by atoms with van der Waals surface area (Å²) in [6.07, 6.45) is 0. The molecule has 0 heterocycles. The summed E-state index contributed by atoms with van der Waals surface area (Å²) >= 11 is 5.25. The van der Waals surface area contributed by atoms with Crippen molar-refractivity contribution >= 4 is 17.6 Å². The van der Waals surface area contributed by atoms with Gasteiger partial charge in [0.25, 0.3) is 0 Å². The number of halogens is 3. The topological polar surface area (TPSA) is 26.3 Å². The summed E-state index contributed by atoms with van der Waals surface area (Å²) in [5, 5.41) is -0.599. The minimum atomic E-state index is -0.925. The first-order chi connectivity index (χ1) is 7.04. The zero-order chi connectivity index (χ0) is 11.4. The van der Waals surface area contributed by atoms with Crippen molar-refractivity contribution in [2.24, 2.45) is 0 Å². The fourth-order valence-corrected chi connectivity index (χ4v) is 0.911. The number of esters is 1. The van der Waals surface area contributed by atoms with E-state index in [1.807, 2.05) is 5.92 Å². The van der Waals surface area contributed by atoms with E-state index in [1.54, 1.807) is 0 Å². The van der Waals surface area contributed by atoms with Gasteiger partial charge in [-0.15, -0.1) is 0 Å². The van der Waals surface area contributed by atoms with Gasteiger partial charge in [-0.05, 0) is 12.1 Å². The smallest absolute Gasteiger partial charge is 0.384 e. The summed E-state index contributed by atoms with van der Waals surface area (Å²) < 4.78 is 30.0. The van der Waals surface area contributed by atoms with Crippen LogP contribution in [0.15, 0.2) is 12.1 Å². The molecule has 1 aromatic carbocycles. The van der Waals surface area contributed by atoms with Crippen molar-refractivity contribution < 1.29 is 18.3 Å². The molecular weight excluding hydrogens is 226 g/mol. The fraction of sp³-hybridized carbons (Fsp3) is 0.100. The highest BCUT2D eigenvalue weighted by molar-refractivity contribution is 6.30. The Kier molecular flexibility index (Phi) is 3.64. The second-order valence-corrected chi connectivity index (χ2v) is 2.87. The number of benzene rings is 1. The van der Waals surface area contributed by atoms with Crippen molar-refractivity contribution in [3.05, 3.63) is 34.4 Å². The molecule has 78 valence electrons. The number of hydrogen-bond acceptors (Lipinski definition) is 2. The number of methoxy groups -OCH3 is 1. The Morgan fingerprint density at radius 1 is 1.40 bits per heavy atom. The van der Waals surface area contributed by atoms with Crippen LogP contribution in [0.5, 0.6) is 0 Å². The van der Waals surface area contributed by atoms with Crippen LogP contribution in [0, 0.1) is 23.5 Å². The maximum absolute atomic E-state index is 12.9. The molecule has 0 aromatic heterocycles. The van der Waals surface area contributed by atoms with Crippen LogP contribution in [0.25, 0.3) is 0 Å². The van der Waals surface area contributed by atoms with E-state index in [1.165, 1.54) is 0 Å². The monoisotopic (exact) mass is 230 g/mol. The molecule has 0 radical (unpaired) electrons. The van der Waals surface area contributed by atoms with Crippen LogP contribution in [0.4, 0.5) is 8.78 Å². The quantitative estimate of drug-likeness (QED) is 0.388. The lowest BCUT2D eigenvalue weighted by Crippen LogP contribution is -1.95. The molecule has 0 saturated heterocycles. The molecular formula is C10H5ClF2O2. The lowest BCUT2D eigenvalue weighted by atomic mass is 10.2. The van der Waals surface area contributed by atoms with E-state index in [9.17, 15) is 13.6 Å². The van der Waals surface area contributed by atoms with Crippen LogP contribution < -0.4 is 0 Å². The molecule has 0 spiro atoms. The Labute approximate surface area is 89.8 Å². The minimum absolute atomic E-state index is 0.0137. The molecule has 0 unspecified atom stereocenters. The summed E-state index contributed by atoms with van der Waals surface area (Å²) in [6.45, 7) is 0. The van der Waals surface area contributed by atoms with Crippen LogP contribution >= 0.6 is 11.6 Å².